The molecule has 0 aliphatic heterocycles. The molecule has 0 bridgehead atoms. The largest absolute Gasteiger partial charge is 0.508 e. The lowest BCUT2D eigenvalue weighted by atomic mass is 10.00. The number of hydrogen-bond donors (Lipinski definition) is 3. The van der Waals surface area contributed by atoms with Crippen LogP contribution < -0.4 is 5.73 Å². The first-order valence-electron chi connectivity index (χ1n) is 4.90. The minimum atomic E-state index is -0.0819. The topological polar surface area (TPSA) is 66.5 Å². The van der Waals surface area contributed by atoms with E-state index in [1.165, 1.54) is 0 Å². The van der Waals surface area contributed by atoms with Gasteiger partial charge in [-0.25, -0.2) is 0 Å². The minimum Gasteiger partial charge on any atom is -0.508 e. The van der Waals surface area contributed by atoms with E-state index in [1.54, 1.807) is 18.2 Å². The number of phenols is 1. The summed E-state index contributed by atoms with van der Waals surface area (Å²) in [5.74, 6) is 0.747. The third-order valence-electron chi connectivity index (χ3n) is 2.76. The summed E-state index contributed by atoms with van der Waals surface area (Å²) in [6.07, 6.45) is 2.29. The van der Waals surface area contributed by atoms with Gasteiger partial charge in [-0.05, 0) is 36.5 Å². The van der Waals surface area contributed by atoms with Crippen molar-refractivity contribution in [1.82, 2.24) is 0 Å². The van der Waals surface area contributed by atoms with Crippen LogP contribution in [0.4, 0.5) is 0 Å². The van der Waals surface area contributed by atoms with E-state index in [1.807, 2.05) is 0 Å². The average Bonchev–Trinajstić information content (AvgIpc) is 3.01. The maximum Gasteiger partial charge on any atom is 0.120 e. The van der Waals surface area contributed by atoms with Gasteiger partial charge in [0.25, 0.3) is 0 Å². The van der Waals surface area contributed by atoms with E-state index in [-0.39, 0.29) is 18.4 Å². The predicted molar refractivity (Wildman–Crippen MR) is 53.7 cm³/mol. The number of nitrogens with two attached hydrogens (primary N) is 1. The van der Waals surface area contributed by atoms with Gasteiger partial charge in [-0.15, -0.1) is 0 Å². The Bertz CT molecular complexity index is 334. The van der Waals surface area contributed by atoms with Gasteiger partial charge in [0.2, 0.25) is 0 Å². The van der Waals surface area contributed by atoms with Crippen molar-refractivity contribution in [2.75, 3.05) is 0 Å². The quantitative estimate of drug-likeness (QED) is 0.677. The van der Waals surface area contributed by atoms with Crippen molar-refractivity contribution in [3.8, 4) is 5.75 Å². The minimum absolute atomic E-state index is 0.00926. The van der Waals surface area contributed by atoms with Crippen LogP contribution in [0.3, 0.4) is 0 Å². The summed E-state index contributed by atoms with van der Waals surface area (Å²) in [6, 6.07) is 5.02. The molecule has 0 spiro atoms. The Morgan fingerprint density at radius 2 is 2.14 bits per heavy atom. The highest BCUT2D eigenvalue weighted by molar-refractivity contribution is 5.38. The smallest absolute Gasteiger partial charge is 0.120 e. The van der Waals surface area contributed by atoms with Gasteiger partial charge in [0.15, 0.2) is 0 Å². The average molecular weight is 193 g/mol. The number of aromatic hydroxyl groups is 1. The van der Waals surface area contributed by atoms with E-state index < -0.39 is 0 Å². The number of hydrogen-bond acceptors (Lipinski definition) is 3. The van der Waals surface area contributed by atoms with Crippen molar-refractivity contribution in [3.63, 3.8) is 0 Å². The Kier molecular flexibility index (Phi) is 2.44. The molecule has 3 nitrogen and oxygen atoms in total. The van der Waals surface area contributed by atoms with Crippen molar-refractivity contribution in [1.29, 1.82) is 0 Å². The highest BCUT2D eigenvalue weighted by atomic mass is 16.3. The Hall–Kier alpha value is -1.06. The molecule has 0 amide bonds. The first-order valence-corrected chi connectivity index (χ1v) is 4.90. The number of aliphatic hydroxyl groups excluding tert-OH is 1. The molecule has 2 rings (SSSR count). The van der Waals surface area contributed by atoms with E-state index in [0.717, 1.165) is 24.0 Å². The monoisotopic (exact) mass is 193 g/mol. The molecular formula is C11H15NO2. The second kappa shape index (κ2) is 3.59. The van der Waals surface area contributed by atoms with E-state index in [2.05, 4.69) is 0 Å². The van der Waals surface area contributed by atoms with Gasteiger partial charge in [-0.1, -0.05) is 6.07 Å². The fourth-order valence-corrected chi connectivity index (χ4v) is 1.68. The molecule has 1 atom stereocenters. The van der Waals surface area contributed by atoms with Crippen LogP contribution in [0.2, 0.25) is 0 Å². The number of aliphatic hydroxyl groups is 1. The first kappa shape index (κ1) is 9.49. The number of benzene rings is 1. The lowest BCUT2D eigenvalue weighted by Gasteiger charge is -2.13. The summed E-state index contributed by atoms with van der Waals surface area (Å²) in [5, 5.41) is 18.6. The summed E-state index contributed by atoms with van der Waals surface area (Å²) in [5.41, 5.74) is 7.55. The highest BCUT2D eigenvalue weighted by Gasteiger charge is 2.30. The summed E-state index contributed by atoms with van der Waals surface area (Å²) in [4.78, 5) is 0. The summed E-state index contributed by atoms with van der Waals surface area (Å²) < 4.78 is 0. The zero-order chi connectivity index (χ0) is 10.1. The van der Waals surface area contributed by atoms with Crippen molar-refractivity contribution >= 4 is 0 Å². The van der Waals surface area contributed by atoms with Crippen LogP contribution in [0.25, 0.3) is 0 Å². The summed E-state index contributed by atoms with van der Waals surface area (Å²) in [7, 11) is 0. The van der Waals surface area contributed by atoms with E-state index in [0.29, 0.717) is 5.92 Å². The van der Waals surface area contributed by atoms with Crippen LogP contribution in [0.5, 0.6) is 5.75 Å². The van der Waals surface area contributed by atoms with Crippen LogP contribution >= 0.6 is 0 Å². The van der Waals surface area contributed by atoms with Crippen LogP contribution in [0.1, 0.15) is 30.0 Å². The third kappa shape index (κ3) is 1.74. The van der Waals surface area contributed by atoms with Crippen LogP contribution in [0.15, 0.2) is 18.2 Å². The molecule has 0 radical (unpaired) electrons. The Labute approximate surface area is 83.2 Å². The summed E-state index contributed by atoms with van der Waals surface area (Å²) in [6.45, 7) is -0.00926. The SMILES string of the molecule is N[C@H](c1cc(CO)ccc1O)C1CC1. The third-order valence-corrected chi connectivity index (χ3v) is 2.76. The zero-order valence-corrected chi connectivity index (χ0v) is 7.98. The fraction of sp³-hybridized carbons (Fsp3) is 0.455. The second-order valence-electron chi connectivity index (χ2n) is 3.91. The molecule has 76 valence electrons. The van der Waals surface area contributed by atoms with Gasteiger partial charge >= 0.3 is 0 Å². The molecule has 14 heavy (non-hydrogen) atoms. The normalized spacial score (nSPS) is 18.1. The van der Waals surface area contributed by atoms with Crippen LogP contribution in [-0.4, -0.2) is 10.2 Å². The molecule has 1 aromatic carbocycles. The van der Waals surface area contributed by atoms with Gasteiger partial charge in [-0.2, -0.15) is 0 Å². The van der Waals surface area contributed by atoms with Gasteiger partial charge in [-0.3, -0.25) is 0 Å². The maximum atomic E-state index is 9.62. The molecule has 0 aromatic heterocycles. The Balaban J connectivity index is 2.29. The van der Waals surface area contributed by atoms with Crippen molar-refractivity contribution in [2.45, 2.75) is 25.5 Å². The van der Waals surface area contributed by atoms with Gasteiger partial charge < -0.3 is 15.9 Å². The number of phenolic OH excluding ortho intramolecular Hbond substituents is 1. The molecule has 1 aliphatic rings. The van der Waals surface area contributed by atoms with E-state index in [9.17, 15) is 5.11 Å². The maximum absolute atomic E-state index is 9.62. The Morgan fingerprint density at radius 1 is 1.43 bits per heavy atom. The molecule has 1 aliphatic carbocycles. The lowest BCUT2D eigenvalue weighted by molar-refractivity contribution is 0.281. The molecular weight excluding hydrogens is 178 g/mol. The van der Waals surface area contributed by atoms with E-state index >= 15 is 0 Å². The summed E-state index contributed by atoms with van der Waals surface area (Å²) >= 11 is 0. The van der Waals surface area contributed by atoms with Gasteiger partial charge in [0, 0.05) is 11.6 Å². The highest BCUT2D eigenvalue weighted by Crippen LogP contribution is 2.41. The van der Waals surface area contributed by atoms with Gasteiger partial charge in [0.05, 0.1) is 6.61 Å². The standard InChI is InChI=1S/C11H15NO2/c12-11(8-2-3-8)9-5-7(6-13)1-4-10(9)14/h1,4-5,8,11,13-14H,2-3,6,12H2/t11-/m0/s1. The molecule has 0 unspecified atom stereocenters. The Morgan fingerprint density at radius 3 is 2.71 bits per heavy atom. The van der Waals surface area contributed by atoms with Crippen LogP contribution in [0, 0.1) is 5.92 Å². The predicted octanol–water partition coefficient (Wildman–Crippen LogP) is 1.29. The molecule has 0 saturated heterocycles. The van der Waals surface area contributed by atoms with Crippen molar-refractivity contribution in [3.05, 3.63) is 29.3 Å². The molecule has 1 saturated carbocycles. The molecule has 0 heterocycles. The molecule has 3 heteroatoms. The lowest BCUT2D eigenvalue weighted by Crippen LogP contribution is -2.12. The van der Waals surface area contributed by atoms with E-state index in [4.69, 9.17) is 10.8 Å². The zero-order valence-electron chi connectivity index (χ0n) is 7.98. The number of rotatable bonds is 3. The van der Waals surface area contributed by atoms with Crippen molar-refractivity contribution < 1.29 is 10.2 Å². The first-order chi connectivity index (χ1) is 6.72. The second-order valence-corrected chi connectivity index (χ2v) is 3.91. The van der Waals surface area contributed by atoms with Gasteiger partial charge in [0.1, 0.15) is 5.75 Å². The van der Waals surface area contributed by atoms with Crippen LogP contribution in [-0.2, 0) is 6.61 Å². The van der Waals surface area contributed by atoms with Crippen molar-refractivity contribution in [2.24, 2.45) is 11.7 Å². The fourth-order valence-electron chi connectivity index (χ4n) is 1.68. The molecule has 4 N–H and O–H groups in total. The molecule has 1 aromatic rings. The molecule has 1 fully saturated rings.